The monoisotopic (exact) mass is 227 g/mol. The second-order valence-electron chi connectivity index (χ2n) is 2.93. The Labute approximate surface area is 83.6 Å². The van der Waals surface area contributed by atoms with Gasteiger partial charge in [-0.3, -0.25) is 4.68 Å². The molecule has 3 nitrogen and oxygen atoms in total. The Balaban J connectivity index is 3.19. The molecule has 1 rings (SSSR count). The minimum absolute atomic E-state index is 0.0766. The topological polar surface area (TPSA) is 43.8 Å². The summed E-state index contributed by atoms with van der Waals surface area (Å²) in [6.45, 7) is 1.44. The van der Waals surface area contributed by atoms with Gasteiger partial charge in [0, 0.05) is 12.6 Å². The van der Waals surface area contributed by atoms with Crippen LogP contribution in [0.15, 0.2) is 0 Å². The Kier molecular flexibility index (Phi) is 2.78. The zero-order valence-electron chi connectivity index (χ0n) is 7.56. The average Bonchev–Trinajstić information content (AvgIpc) is 2.24. The molecule has 1 heterocycles. The maximum absolute atomic E-state index is 12.3. The van der Waals surface area contributed by atoms with Crippen LogP contribution < -0.4 is 5.73 Å². The number of aryl methyl sites for hydroxylation is 2. The van der Waals surface area contributed by atoms with Gasteiger partial charge in [-0.15, -0.1) is 0 Å². The highest BCUT2D eigenvalue weighted by atomic mass is 35.5. The molecule has 0 saturated carbocycles. The minimum Gasteiger partial charge on any atom is -0.316 e. The Bertz CT molecular complexity index is 345. The standard InChI is InChI=1S/C7H9ClF3N3/c1-3-4(5(12)7(9,10)11)6(8)14(2)13-3/h5H,12H2,1-2H3. The van der Waals surface area contributed by atoms with Crippen LogP contribution in [0.1, 0.15) is 17.3 Å². The SMILES string of the molecule is Cc1nn(C)c(Cl)c1C(N)C(F)(F)F. The van der Waals surface area contributed by atoms with Crippen molar-refractivity contribution in [2.75, 3.05) is 0 Å². The van der Waals surface area contributed by atoms with Gasteiger partial charge in [0.25, 0.3) is 0 Å². The van der Waals surface area contributed by atoms with E-state index in [-0.39, 0.29) is 16.4 Å². The number of nitrogens with zero attached hydrogens (tertiary/aromatic N) is 2. The van der Waals surface area contributed by atoms with E-state index in [1.807, 2.05) is 0 Å². The average molecular weight is 228 g/mol. The van der Waals surface area contributed by atoms with Gasteiger partial charge in [-0.2, -0.15) is 18.3 Å². The minimum atomic E-state index is -4.50. The number of aromatic nitrogens is 2. The van der Waals surface area contributed by atoms with Crippen molar-refractivity contribution in [3.8, 4) is 0 Å². The molecule has 0 fully saturated rings. The van der Waals surface area contributed by atoms with Gasteiger partial charge in [0.2, 0.25) is 0 Å². The Morgan fingerprint density at radius 2 is 2.00 bits per heavy atom. The van der Waals surface area contributed by atoms with Crippen molar-refractivity contribution < 1.29 is 13.2 Å². The van der Waals surface area contributed by atoms with E-state index >= 15 is 0 Å². The number of hydrogen-bond acceptors (Lipinski definition) is 2. The summed E-state index contributed by atoms with van der Waals surface area (Å²) in [7, 11) is 1.46. The molecule has 0 saturated heterocycles. The van der Waals surface area contributed by atoms with Crippen molar-refractivity contribution in [3.63, 3.8) is 0 Å². The number of halogens is 4. The van der Waals surface area contributed by atoms with Crippen LogP contribution in [0.2, 0.25) is 5.15 Å². The van der Waals surface area contributed by atoms with Crippen LogP contribution in [-0.4, -0.2) is 16.0 Å². The highest BCUT2D eigenvalue weighted by molar-refractivity contribution is 6.30. The van der Waals surface area contributed by atoms with E-state index in [1.54, 1.807) is 0 Å². The predicted molar refractivity (Wildman–Crippen MR) is 45.9 cm³/mol. The second kappa shape index (κ2) is 3.43. The summed E-state index contributed by atoms with van der Waals surface area (Å²) in [5.41, 5.74) is 5.06. The first-order valence-corrected chi connectivity index (χ1v) is 4.14. The molecule has 0 aliphatic rings. The quantitative estimate of drug-likeness (QED) is 0.797. The molecule has 1 aromatic heterocycles. The third-order valence-corrected chi connectivity index (χ3v) is 2.31. The smallest absolute Gasteiger partial charge is 0.316 e. The summed E-state index contributed by atoms with van der Waals surface area (Å²) < 4.78 is 38.0. The van der Waals surface area contributed by atoms with Crippen LogP contribution in [0.25, 0.3) is 0 Å². The van der Waals surface area contributed by atoms with Crippen LogP contribution in [0.4, 0.5) is 13.2 Å². The number of nitrogens with two attached hydrogens (primary N) is 1. The molecular formula is C7H9ClF3N3. The van der Waals surface area contributed by atoms with Crippen molar-refractivity contribution in [1.82, 2.24) is 9.78 Å². The first-order chi connectivity index (χ1) is 6.25. The van der Waals surface area contributed by atoms with Crippen LogP contribution in [-0.2, 0) is 7.05 Å². The van der Waals surface area contributed by atoms with Crippen molar-refractivity contribution in [2.24, 2.45) is 12.8 Å². The van der Waals surface area contributed by atoms with Crippen molar-refractivity contribution in [2.45, 2.75) is 19.1 Å². The molecular weight excluding hydrogens is 219 g/mol. The molecule has 0 radical (unpaired) electrons. The van der Waals surface area contributed by atoms with Crippen molar-refractivity contribution in [3.05, 3.63) is 16.4 Å². The lowest BCUT2D eigenvalue weighted by Gasteiger charge is -2.15. The number of hydrogen-bond donors (Lipinski definition) is 1. The zero-order valence-corrected chi connectivity index (χ0v) is 8.32. The van der Waals surface area contributed by atoms with Gasteiger partial charge in [0.1, 0.15) is 11.2 Å². The molecule has 2 N–H and O–H groups in total. The van der Waals surface area contributed by atoms with E-state index in [9.17, 15) is 13.2 Å². The summed E-state index contributed by atoms with van der Waals surface area (Å²) in [6, 6.07) is -2.08. The summed E-state index contributed by atoms with van der Waals surface area (Å²) >= 11 is 5.64. The van der Waals surface area contributed by atoms with Crippen LogP contribution >= 0.6 is 11.6 Å². The molecule has 0 bridgehead atoms. The Morgan fingerprint density at radius 3 is 2.29 bits per heavy atom. The lowest BCUT2D eigenvalue weighted by Crippen LogP contribution is -2.29. The summed E-state index contributed by atoms with van der Waals surface area (Å²) in [5.74, 6) is 0. The Hall–Kier alpha value is -0.750. The fourth-order valence-corrected chi connectivity index (χ4v) is 1.46. The molecule has 7 heteroatoms. The Morgan fingerprint density at radius 1 is 1.50 bits per heavy atom. The van der Waals surface area contributed by atoms with E-state index in [4.69, 9.17) is 17.3 Å². The summed E-state index contributed by atoms with van der Waals surface area (Å²) in [6.07, 6.45) is -4.50. The second-order valence-corrected chi connectivity index (χ2v) is 3.29. The normalized spacial score (nSPS) is 14.5. The van der Waals surface area contributed by atoms with Crippen molar-refractivity contribution in [1.29, 1.82) is 0 Å². The fraction of sp³-hybridized carbons (Fsp3) is 0.571. The number of alkyl halides is 3. The van der Waals surface area contributed by atoms with Gasteiger partial charge in [0.05, 0.1) is 5.69 Å². The van der Waals surface area contributed by atoms with Gasteiger partial charge in [0.15, 0.2) is 0 Å². The largest absolute Gasteiger partial charge is 0.407 e. The highest BCUT2D eigenvalue weighted by Crippen LogP contribution is 2.35. The van der Waals surface area contributed by atoms with Crippen LogP contribution in [0.3, 0.4) is 0 Å². The van der Waals surface area contributed by atoms with Gasteiger partial charge in [-0.25, -0.2) is 0 Å². The first-order valence-electron chi connectivity index (χ1n) is 3.76. The lowest BCUT2D eigenvalue weighted by atomic mass is 10.1. The molecule has 0 aliphatic heterocycles. The predicted octanol–water partition coefficient (Wildman–Crippen LogP) is 1.94. The summed E-state index contributed by atoms with van der Waals surface area (Å²) in [4.78, 5) is 0. The fourth-order valence-electron chi connectivity index (χ4n) is 1.16. The van der Waals surface area contributed by atoms with Gasteiger partial charge in [-0.05, 0) is 6.92 Å². The third-order valence-electron chi connectivity index (χ3n) is 1.86. The van der Waals surface area contributed by atoms with Crippen molar-refractivity contribution >= 4 is 11.6 Å². The summed E-state index contributed by atoms with van der Waals surface area (Å²) in [5, 5.41) is 3.67. The number of rotatable bonds is 1. The molecule has 0 aromatic carbocycles. The van der Waals surface area contributed by atoms with E-state index in [0.717, 1.165) is 4.68 Å². The molecule has 80 valence electrons. The molecule has 1 unspecified atom stereocenters. The first kappa shape index (κ1) is 11.3. The molecule has 1 atom stereocenters. The van der Waals surface area contributed by atoms with Crippen LogP contribution in [0, 0.1) is 6.92 Å². The van der Waals surface area contributed by atoms with Crippen LogP contribution in [0.5, 0.6) is 0 Å². The maximum Gasteiger partial charge on any atom is 0.407 e. The molecule has 0 spiro atoms. The van der Waals surface area contributed by atoms with E-state index in [2.05, 4.69) is 5.10 Å². The highest BCUT2D eigenvalue weighted by Gasteiger charge is 2.41. The zero-order chi connectivity index (χ0) is 11.1. The van der Waals surface area contributed by atoms with E-state index in [1.165, 1.54) is 14.0 Å². The van der Waals surface area contributed by atoms with E-state index in [0.29, 0.717) is 0 Å². The van der Waals surface area contributed by atoms with Gasteiger partial charge < -0.3 is 5.73 Å². The molecule has 14 heavy (non-hydrogen) atoms. The van der Waals surface area contributed by atoms with E-state index < -0.39 is 12.2 Å². The molecule has 1 aromatic rings. The lowest BCUT2D eigenvalue weighted by molar-refractivity contribution is -0.149. The molecule has 0 aliphatic carbocycles. The third kappa shape index (κ3) is 1.85. The van der Waals surface area contributed by atoms with Gasteiger partial charge in [-0.1, -0.05) is 11.6 Å². The molecule has 0 amide bonds. The van der Waals surface area contributed by atoms with Gasteiger partial charge >= 0.3 is 6.18 Å². The maximum atomic E-state index is 12.3.